The van der Waals surface area contributed by atoms with E-state index in [2.05, 4.69) is 41.5 Å². The summed E-state index contributed by atoms with van der Waals surface area (Å²) in [6, 6.07) is 0. The van der Waals surface area contributed by atoms with Crippen LogP contribution in [-0.2, 0) is 0 Å². The molecule has 0 spiro atoms. The van der Waals surface area contributed by atoms with Gasteiger partial charge in [0.05, 0.1) is 0 Å². The molecule has 4 aliphatic rings. The van der Waals surface area contributed by atoms with Crippen molar-refractivity contribution >= 4 is 0 Å². The number of fused-ring (bicyclic) bond motifs is 5. The minimum Gasteiger partial charge on any atom is -0.0625 e. The molecule has 0 aliphatic heterocycles. The van der Waals surface area contributed by atoms with Crippen molar-refractivity contribution in [3.63, 3.8) is 0 Å². The third-order valence-electron chi connectivity index (χ3n) is 11.6. The molecule has 0 N–H and O–H groups in total. The van der Waals surface area contributed by atoms with Crippen LogP contribution < -0.4 is 0 Å². The van der Waals surface area contributed by atoms with Gasteiger partial charge in [-0.05, 0) is 110 Å². The second kappa shape index (κ2) is 7.92. The third-order valence-corrected chi connectivity index (χ3v) is 11.6. The molecule has 0 heterocycles. The van der Waals surface area contributed by atoms with Crippen LogP contribution in [0.5, 0.6) is 0 Å². The Balaban J connectivity index is 1.46. The van der Waals surface area contributed by atoms with Gasteiger partial charge in [-0.25, -0.2) is 0 Å². The predicted molar refractivity (Wildman–Crippen MR) is 122 cm³/mol. The Bertz CT molecular complexity index is 534. The number of hydrogen-bond donors (Lipinski definition) is 0. The van der Waals surface area contributed by atoms with Crippen LogP contribution in [0.1, 0.15) is 119 Å². The van der Waals surface area contributed by atoms with Crippen LogP contribution in [0.4, 0.5) is 0 Å². The Kier molecular flexibility index (Phi) is 6.01. The highest BCUT2D eigenvalue weighted by Crippen LogP contribution is 2.68. The largest absolute Gasteiger partial charge is 0.0625 e. The van der Waals surface area contributed by atoms with Gasteiger partial charge in [-0.2, -0.15) is 0 Å². The molecule has 4 rings (SSSR count). The Hall–Kier alpha value is 0. The predicted octanol–water partition coefficient (Wildman–Crippen LogP) is 8.74. The topological polar surface area (TPSA) is 0 Å². The first kappa shape index (κ1) is 21.2. The van der Waals surface area contributed by atoms with Crippen molar-refractivity contribution in [1.82, 2.24) is 0 Å². The molecular formula is C28H50. The van der Waals surface area contributed by atoms with E-state index in [9.17, 15) is 0 Å². The van der Waals surface area contributed by atoms with Gasteiger partial charge in [0.2, 0.25) is 0 Å². The van der Waals surface area contributed by atoms with Crippen LogP contribution in [0.25, 0.3) is 0 Å². The molecule has 0 aromatic carbocycles. The molecular weight excluding hydrogens is 336 g/mol. The van der Waals surface area contributed by atoms with Gasteiger partial charge in [-0.3, -0.25) is 0 Å². The summed E-state index contributed by atoms with van der Waals surface area (Å²) in [5.41, 5.74) is 1.37. The summed E-state index contributed by atoms with van der Waals surface area (Å²) in [6.45, 7) is 15.4. The van der Waals surface area contributed by atoms with E-state index in [0.29, 0.717) is 10.8 Å². The summed E-state index contributed by atoms with van der Waals surface area (Å²) in [6.07, 6.45) is 18.4. The average Bonchev–Trinajstić information content (AvgIpc) is 3.02. The molecule has 0 bridgehead atoms. The minimum absolute atomic E-state index is 0.666. The maximum Gasteiger partial charge on any atom is -0.0264 e. The van der Waals surface area contributed by atoms with Crippen LogP contribution in [0.2, 0.25) is 0 Å². The molecule has 9 atom stereocenters. The molecule has 0 aromatic rings. The fraction of sp³-hybridized carbons (Fsp3) is 1.00. The molecule has 4 fully saturated rings. The standard InChI is InChI=1S/C28H50/c1-19(2)20(3)10-11-21(4)24-14-15-25-23-13-12-22-9-7-8-17-27(22,5)26(23)16-18-28(24,25)6/h19-26H,7-18H2,1-6H3/t20?,21-,22?,23+,24-,25-,26+,27+,28-/m1/s1. The molecule has 4 aliphatic carbocycles. The van der Waals surface area contributed by atoms with Crippen LogP contribution in [-0.4, -0.2) is 0 Å². The molecule has 4 saturated carbocycles. The van der Waals surface area contributed by atoms with Crippen molar-refractivity contribution < 1.29 is 0 Å². The molecule has 28 heavy (non-hydrogen) atoms. The SMILES string of the molecule is CC(C)C(C)CC[C@@H](C)[C@H]1CC[C@@H]2[C@@H]3CCC4CCCC[C@]4(C)[C@H]3CC[C@@]21C. The fourth-order valence-electron chi connectivity index (χ4n) is 9.33. The van der Waals surface area contributed by atoms with Crippen LogP contribution in [0.3, 0.4) is 0 Å². The minimum atomic E-state index is 0.666. The van der Waals surface area contributed by atoms with Crippen molar-refractivity contribution in [2.45, 2.75) is 119 Å². The zero-order chi connectivity index (χ0) is 20.1. The maximum absolute atomic E-state index is 2.75. The first-order chi connectivity index (χ1) is 13.3. The van der Waals surface area contributed by atoms with Crippen LogP contribution in [0, 0.1) is 58.2 Å². The van der Waals surface area contributed by atoms with Crippen molar-refractivity contribution in [2.24, 2.45) is 58.2 Å². The van der Waals surface area contributed by atoms with Gasteiger partial charge in [-0.15, -0.1) is 0 Å². The molecule has 0 radical (unpaired) electrons. The summed E-state index contributed by atoms with van der Waals surface area (Å²) in [5, 5.41) is 0. The van der Waals surface area contributed by atoms with Crippen molar-refractivity contribution in [1.29, 1.82) is 0 Å². The fourth-order valence-corrected chi connectivity index (χ4v) is 9.33. The van der Waals surface area contributed by atoms with Gasteiger partial charge < -0.3 is 0 Å². The Labute approximate surface area is 177 Å². The van der Waals surface area contributed by atoms with Gasteiger partial charge in [0.25, 0.3) is 0 Å². The molecule has 0 heteroatoms. The van der Waals surface area contributed by atoms with Gasteiger partial charge in [0, 0.05) is 0 Å². The average molecular weight is 387 g/mol. The van der Waals surface area contributed by atoms with Crippen molar-refractivity contribution in [3.05, 3.63) is 0 Å². The lowest BCUT2D eigenvalue weighted by Gasteiger charge is -2.61. The van der Waals surface area contributed by atoms with Gasteiger partial charge in [-0.1, -0.05) is 67.2 Å². The van der Waals surface area contributed by atoms with Gasteiger partial charge in [0.1, 0.15) is 0 Å². The highest BCUT2D eigenvalue weighted by molar-refractivity contribution is 5.09. The zero-order valence-corrected chi connectivity index (χ0v) is 20.1. The normalized spacial score (nSPS) is 47.9. The third kappa shape index (κ3) is 3.41. The zero-order valence-electron chi connectivity index (χ0n) is 20.1. The lowest BCUT2D eigenvalue weighted by atomic mass is 9.44. The molecule has 0 aromatic heterocycles. The summed E-state index contributed by atoms with van der Waals surface area (Å²) < 4.78 is 0. The second-order valence-electron chi connectivity index (χ2n) is 12.9. The second-order valence-corrected chi connectivity index (χ2v) is 12.9. The molecule has 162 valence electrons. The van der Waals surface area contributed by atoms with Gasteiger partial charge >= 0.3 is 0 Å². The number of rotatable bonds is 5. The summed E-state index contributed by atoms with van der Waals surface area (Å²) >= 11 is 0. The van der Waals surface area contributed by atoms with E-state index < -0.39 is 0 Å². The monoisotopic (exact) mass is 386 g/mol. The summed E-state index contributed by atoms with van der Waals surface area (Å²) in [7, 11) is 0. The van der Waals surface area contributed by atoms with E-state index in [1.807, 2.05) is 0 Å². The smallest absolute Gasteiger partial charge is 0.0264 e. The summed E-state index contributed by atoms with van der Waals surface area (Å²) in [5.74, 6) is 7.96. The highest BCUT2D eigenvalue weighted by atomic mass is 14.6. The van der Waals surface area contributed by atoms with Crippen LogP contribution in [0.15, 0.2) is 0 Å². The van der Waals surface area contributed by atoms with Crippen molar-refractivity contribution in [3.8, 4) is 0 Å². The van der Waals surface area contributed by atoms with E-state index in [-0.39, 0.29) is 0 Å². The van der Waals surface area contributed by atoms with E-state index >= 15 is 0 Å². The van der Waals surface area contributed by atoms with E-state index in [1.54, 1.807) is 51.4 Å². The number of hydrogen-bond acceptors (Lipinski definition) is 0. The maximum atomic E-state index is 2.75. The molecule has 0 saturated heterocycles. The Morgan fingerprint density at radius 1 is 0.714 bits per heavy atom. The van der Waals surface area contributed by atoms with E-state index in [0.717, 1.165) is 47.3 Å². The first-order valence-corrected chi connectivity index (χ1v) is 13.3. The Morgan fingerprint density at radius 3 is 2.21 bits per heavy atom. The molecule has 2 unspecified atom stereocenters. The molecule has 0 nitrogen and oxygen atoms in total. The molecule has 0 amide bonds. The lowest BCUT2D eigenvalue weighted by Crippen LogP contribution is -2.53. The van der Waals surface area contributed by atoms with Gasteiger partial charge in [0.15, 0.2) is 0 Å². The van der Waals surface area contributed by atoms with E-state index in [1.165, 1.54) is 25.7 Å². The highest BCUT2D eigenvalue weighted by Gasteiger charge is 2.60. The van der Waals surface area contributed by atoms with Crippen LogP contribution >= 0.6 is 0 Å². The van der Waals surface area contributed by atoms with E-state index in [4.69, 9.17) is 0 Å². The van der Waals surface area contributed by atoms with Crippen molar-refractivity contribution in [2.75, 3.05) is 0 Å². The quantitative estimate of drug-likeness (QED) is 0.443. The lowest BCUT2D eigenvalue weighted by molar-refractivity contribution is -0.114. The summed E-state index contributed by atoms with van der Waals surface area (Å²) in [4.78, 5) is 0. The first-order valence-electron chi connectivity index (χ1n) is 13.3. The Morgan fingerprint density at radius 2 is 1.46 bits per heavy atom.